The van der Waals surface area contributed by atoms with Crippen LogP contribution in [0.15, 0.2) is 42.2 Å². The molecule has 0 amide bonds. The fourth-order valence-electron chi connectivity index (χ4n) is 1.41. The number of hydrogen-bond donors (Lipinski definition) is 0. The first kappa shape index (κ1) is 8.49. The van der Waals surface area contributed by atoms with Gasteiger partial charge in [-0.25, -0.2) is 9.97 Å². The van der Waals surface area contributed by atoms with Crippen LogP contribution in [0, 0.1) is 0 Å². The zero-order valence-electron chi connectivity index (χ0n) is 7.79. The van der Waals surface area contributed by atoms with E-state index in [1.165, 1.54) is 0 Å². The minimum absolute atomic E-state index is 0.753. The Morgan fingerprint density at radius 1 is 1.07 bits per heavy atom. The molecule has 0 aliphatic carbocycles. The molecule has 0 bridgehead atoms. The highest BCUT2D eigenvalue weighted by Gasteiger charge is 2.02. The Balaban J connectivity index is 2.19. The highest BCUT2D eigenvalue weighted by atomic mass is 32.1. The highest BCUT2D eigenvalue weighted by molar-refractivity contribution is 7.17. The molecule has 4 heteroatoms. The molecule has 0 aromatic carbocycles. The van der Waals surface area contributed by atoms with Crippen LogP contribution in [0.5, 0.6) is 0 Å². The molecular weight excluding hydrogens is 206 g/mol. The Morgan fingerprint density at radius 2 is 1.93 bits per heavy atom. The smallest absolute Gasteiger partial charge is 0.159 e. The van der Waals surface area contributed by atoms with Crippen molar-refractivity contribution in [2.45, 2.75) is 0 Å². The van der Waals surface area contributed by atoms with Crippen molar-refractivity contribution in [2.24, 2.45) is 0 Å². The molecule has 0 aliphatic rings. The summed E-state index contributed by atoms with van der Waals surface area (Å²) in [6, 6.07) is 5.83. The topological polar surface area (TPSA) is 38.7 Å². The Bertz CT molecular complexity index is 589. The molecule has 0 N–H and O–H groups in total. The third kappa shape index (κ3) is 1.49. The van der Waals surface area contributed by atoms with Gasteiger partial charge in [0.2, 0.25) is 0 Å². The van der Waals surface area contributed by atoms with Crippen molar-refractivity contribution in [3.8, 4) is 11.4 Å². The lowest BCUT2D eigenvalue weighted by Crippen LogP contribution is -1.87. The van der Waals surface area contributed by atoms with E-state index in [-0.39, 0.29) is 0 Å². The summed E-state index contributed by atoms with van der Waals surface area (Å²) in [4.78, 5) is 12.8. The van der Waals surface area contributed by atoms with E-state index in [0.29, 0.717) is 0 Å². The predicted molar refractivity (Wildman–Crippen MR) is 60.6 cm³/mol. The van der Waals surface area contributed by atoms with Crippen LogP contribution in [-0.2, 0) is 0 Å². The maximum absolute atomic E-state index is 4.48. The molecule has 0 aliphatic heterocycles. The Kier molecular flexibility index (Phi) is 1.93. The second-order valence-corrected chi connectivity index (χ2v) is 4.05. The minimum atomic E-state index is 0.753. The molecule has 3 aromatic heterocycles. The lowest BCUT2D eigenvalue weighted by Gasteiger charge is -1.98. The normalized spacial score (nSPS) is 10.7. The van der Waals surface area contributed by atoms with E-state index >= 15 is 0 Å². The van der Waals surface area contributed by atoms with E-state index in [9.17, 15) is 0 Å². The van der Waals surface area contributed by atoms with Gasteiger partial charge in [0, 0.05) is 24.2 Å². The lowest BCUT2D eigenvalue weighted by molar-refractivity contribution is 1.22. The highest BCUT2D eigenvalue weighted by Crippen LogP contribution is 2.21. The summed E-state index contributed by atoms with van der Waals surface area (Å²) in [7, 11) is 0. The van der Waals surface area contributed by atoms with E-state index in [1.807, 2.05) is 29.8 Å². The number of pyridine rings is 1. The Hall–Kier alpha value is -1.81. The van der Waals surface area contributed by atoms with Gasteiger partial charge in [0.1, 0.15) is 0 Å². The van der Waals surface area contributed by atoms with Crippen molar-refractivity contribution in [1.29, 1.82) is 0 Å². The summed E-state index contributed by atoms with van der Waals surface area (Å²) in [5, 5.41) is 2.02. The molecule has 0 saturated heterocycles. The number of aromatic nitrogens is 3. The van der Waals surface area contributed by atoms with Gasteiger partial charge in [-0.05, 0) is 23.6 Å². The number of hydrogen-bond acceptors (Lipinski definition) is 4. The number of nitrogens with zero attached hydrogens (tertiary/aromatic N) is 3. The van der Waals surface area contributed by atoms with Crippen LogP contribution in [0.1, 0.15) is 0 Å². The van der Waals surface area contributed by atoms with Crippen LogP contribution >= 0.6 is 11.3 Å². The second-order valence-electron chi connectivity index (χ2n) is 3.10. The van der Waals surface area contributed by atoms with Crippen LogP contribution in [-0.4, -0.2) is 15.0 Å². The third-order valence-electron chi connectivity index (χ3n) is 2.14. The summed E-state index contributed by atoms with van der Waals surface area (Å²) in [6.07, 6.45) is 5.36. The molecule has 3 heterocycles. The van der Waals surface area contributed by atoms with E-state index in [1.54, 1.807) is 23.7 Å². The zero-order valence-corrected chi connectivity index (χ0v) is 8.61. The van der Waals surface area contributed by atoms with Crippen molar-refractivity contribution in [3.63, 3.8) is 0 Å². The van der Waals surface area contributed by atoms with Crippen molar-refractivity contribution in [3.05, 3.63) is 42.2 Å². The van der Waals surface area contributed by atoms with E-state index in [2.05, 4.69) is 15.0 Å². The van der Waals surface area contributed by atoms with Gasteiger partial charge in [-0.2, -0.15) is 0 Å². The molecule has 72 valence electrons. The van der Waals surface area contributed by atoms with Crippen molar-refractivity contribution >= 4 is 21.6 Å². The molecule has 3 nitrogen and oxygen atoms in total. The van der Waals surface area contributed by atoms with Gasteiger partial charge in [0.15, 0.2) is 5.82 Å². The number of thiophene rings is 1. The summed E-state index contributed by atoms with van der Waals surface area (Å²) in [6.45, 7) is 0. The van der Waals surface area contributed by atoms with Crippen LogP contribution in [0.3, 0.4) is 0 Å². The average Bonchev–Trinajstić information content (AvgIpc) is 2.77. The van der Waals surface area contributed by atoms with Crippen LogP contribution in [0.25, 0.3) is 21.6 Å². The van der Waals surface area contributed by atoms with Gasteiger partial charge in [-0.1, -0.05) is 0 Å². The standard InChI is InChI=1S/C11H7N3S/c1-4-12-5-2-8(1)11-13-7-10-9(14-11)3-6-15-10/h1-7H. The van der Waals surface area contributed by atoms with E-state index < -0.39 is 0 Å². The third-order valence-corrected chi connectivity index (χ3v) is 2.98. The summed E-state index contributed by atoms with van der Waals surface area (Å²) in [5.74, 6) is 0.753. The molecule has 0 saturated carbocycles. The first-order valence-corrected chi connectivity index (χ1v) is 5.42. The molecule has 15 heavy (non-hydrogen) atoms. The molecular formula is C11H7N3S. The van der Waals surface area contributed by atoms with Gasteiger partial charge < -0.3 is 0 Å². The lowest BCUT2D eigenvalue weighted by atomic mass is 10.2. The van der Waals surface area contributed by atoms with Crippen molar-refractivity contribution in [1.82, 2.24) is 15.0 Å². The molecule has 0 spiro atoms. The van der Waals surface area contributed by atoms with Crippen molar-refractivity contribution in [2.75, 3.05) is 0 Å². The molecule has 0 fully saturated rings. The van der Waals surface area contributed by atoms with Gasteiger partial charge in [0.25, 0.3) is 0 Å². The van der Waals surface area contributed by atoms with E-state index in [4.69, 9.17) is 0 Å². The van der Waals surface area contributed by atoms with Gasteiger partial charge in [-0.15, -0.1) is 11.3 Å². The number of fused-ring (bicyclic) bond motifs is 1. The first-order chi connectivity index (χ1) is 7.43. The average molecular weight is 213 g/mol. The van der Waals surface area contributed by atoms with Gasteiger partial charge >= 0.3 is 0 Å². The van der Waals surface area contributed by atoms with E-state index in [0.717, 1.165) is 21.6 Å². The molecule has 3 aromatic rings. The zero-order chi connectivity index (χ0) is 10.1. The van der Waals surface area contributed by atoms with Crippen LogP contribution in [0.4, 0.5) is 0 Å². The number of rotatable bonds is 1. The summed E-state index contributed by atoms with van der Waals surface area (Å²) in [5.41, 5.74) is 2.00. The van der Waals surface area contributed by atoms with Gasteiger partial charge in [0.05, 0.1) is 10.2 Å². The largest absolute Gasteiger partial charge is 0.265 e. The van der Waals surface area contributed by atoms with Crippen LogP contribution in [0.2, 0.25) is 0 Å². The predicted octanol–water partition coefficient (Wildman–Crippen LogP) is 2.75. The summed E-state index contributed by atoms with van der Waals surface area (Å²) < 4.78 is 1.12. The molecule has 3 rings (SSSR count). The SMILES string of the molecule is c1cc(-c2ncc3sccc3n2)ccn1. The van der Waals surface area contributed by atoms with Crippen LogP contribution < -0.4 is 0 Å². The van der Waals surface area contributed by atoms with Crippen molar-refractivity contribution < 1.29 is 0 Å². The fourth-order valence-corrected chi connectivity index (χ4v) is 2.10. The van der Waals surface area contributed by atoms with Gasteiger partial charge in [-0.3, -0.25) is 4.98 Å². The second kappa shape index (κ2) is 3.40. The molecule has 0 unspecified atom stereocenters. The first-order valence-electron chi connectivity index (χ1n) is 4.54. The summed E-state index contributed by atoms with van der Waals surface area (Å²) >= 11 is 1.65. The molecule has 0 atom stereocenters. The molecule has 0 radical (unpaired) electrons. The Labute approximate surface area is 90.5 Å². The monoisotopic (exact) mass is 213 g/mol. The Morgan fingerprint density at radius 3 is 2.80 bits per heavy atom. The fraction of sp³-hybridized carbons (Fsp3) is 0. The maximum atomic E-state index is 4.48. The minimum Gasteiger partial charge on any atom is -0.265 e. The quantitative estimate of drug-likeness (QED) is 0.624. The maximum Gasteiger partial charge on any atom is 0.159 e.